The number of nitrogens with one attached hydrogen (secondary N) is 1. The minimum absolute atomic E-state index is 0.0831. The van der Waals surface area contributed by atoms with Gasteiger partial charge in [0, 0.05) is 23.1 Å². The molecule has 0 radical (unpaired) electrons. The number of carbonyl (C=O) groups is 3. The maximum atomic E-state index is 12.4. The number of halogens is 1. The Morgan fingerprint density at radius 1 is 1.23 bits per heavy atom. The lowest BCUT2D eigenvalue weighted by Gasteiger charge is -2.25. The smallest absolute Gasteiger partial charge is 0.311 e. The summed E-state index contributed by atoms with van der Waals surface area (Å²) in [6.07, 6.45) is 0.860. The number of esters is 1. The molecule has 0 aliphatic carbocycles. The van der Waals surface area contributed by atoms with E-state index in [2.05, 4.69) is 21.2 Å². The first-order valence-electron chi connectivity index (χ1n) is 9.98. The fraction of sp³-hybridized carbons (Fsp3) is 0.348. The number of rotatable bonds is 7. The molecule has 158 valence electrons. The molecule has 0 spiro atoms. The largest absolute Gasteiger partial charge is 0.455 e. The molecule has 1 aliphatic rings. The molecular formula is C23H25BrN2O4. The van der Waals surface area contributed by atoms with Gasteiger partial charge in [0.05, 0.1) is 12.0 Å². The van der Waals surface area contributed by atoms with Crippen LogP contribution in [0.15, 0.2) is 53.0 Å². The molecule has 2 amide bonds. The fourth-order valence-electron chi connectivity index (χ4n) is 3.59. The predicted molar refractivity (Wildman–Crippen MR) is 118 cm³/mol. The van der Waals surface area contributed by atoms with Crippen LogP contribution in [0, 0.1) is 5.92 Å². The van der Waals surface area contributed by atoms with Crippen molar-refractivity contribution >= 4 is 39.4 Å². The van der Waals surface area contributed by atoms with Gasteiger partial charge in [0.15, 0.2) is 6.61 Å². The van der Waals surface area contributed by atoms with E-state index < -0.39 is 17.8 Å². The van der Waals surface area contributed by atoms with Gasteiger partial charge < -0.3 is 15.0 Å². The molecule has 2 atom stereocenters. The van der Waals surface area contributed by atoms with Crippen LogP contribution in [-0.2, 0) is 25.5 Å². The first-order chi connectivity index (χ1) is 14.4. The van der Waals surface area contributed by atoms with Crippen LogP contribution in [0.5, 0.6) is 0 Å². The van der Waals surface area contributed by atoms with Crippen LogP contribution in [0.2, 0.25) is 0 Å². The normalized spacial score (nSPS) is 17.0. The van der Waals surface area contributed by atoms with Crippen molar-refractivity contribution in [2.24, 2.45) is 5.92 Å². The molecule has 30 heavy (non-hydrogen) atoms. The summed E-state index contributed by atoms with van der Waals surface area (Å²) in [5.74, 6) is -1.57. The second-order valence-electron chi connectivity index (χ2n) is 7.34. The van der Waals surface area contributed by atoms with E-state index in [0.717, 1.165) is 22.0 Å². The quantitative estimate of drug-likeness (QED) is 0.615. The van der Waals surface area contributed by atoms with E-state index in [1.54, 1.807) is 11.0 Å². The number of anilines is 1. The van der Waals surface area contributed by atoms with Crippen LogP contribution in [0.3, 0.4) is 0 Å². The zero-order valence-electron chi connectivity index (χ0n) is 17.1. The first kappa shape index (κ1) is 22.0. The third-order valence-electron chi connectivity index (χ3n) is 5.31. The molecule has 3 rings (SSSR count). The molecular weight excluding hydrogens is 448 g/mol. The van der Waals surface area contributed by atoms with E-state index in [1.807, 2.05) is 56.3 Å². The van der Waals surface area contributed by atoms with Crippen molar-refractivity contribution in [3.63, 3.8) is 0 Å². The molecule has 6 nitrogen and oxygen atoms in total. The lowest BCUT2D eigenvalue weighted by atomic mass is 10.1. The van der Waals surface area contributed by atoms with Crippen LogP contribution >= 0.6 is 15.9 Å². The van der Waals surface area contributed by atoms with Crippen molar-refractivity contribution in [2.75, 3.05) is 18.5 Å². The number of aryl methyl sites for hydroxylation is 1. The van der Waals surface area contributed by atoms with E-state index in [0.29, 0.717) is 12.2 Å². The second-order valence-corrected chi connectivity index (χ2v) is 8.26. The van der Waals surface area contributed by atoms with E-state index in [4.69, 9.17) is 4.74 Å². The minimum atomic E-state index is -0.560. The molecule has 0 aromatic heterocycles. The number of benzene rings is 2. The Hall–Kier alpha value is -2.67. The van der Waals surface area contributed by atoms with Gasteiger partial charge in [-0.2, -0.15) is 0 Å². The Morgan fingerprint density at radius 2 is 1.97 bits per heavy atom. The van der Waals surface area contributed by atoms with Crippen molar-refractivity contribution in [1.29, 1.82) is 0 Å². The first-order valence-corrected chi connectivity index (χ1v) is 10.8. The molecule has 2 aromatic rings. The van der Waals surface area contributed by atoms with Crippen LogP contribution in [-0.4, -0.2) is 35.8 Å². The molecule has 2 aromatic carbocycles. The van der Waals surface area contributed by atoms with Gasteiger partial charge in [0.2, 0.25) is 5.91 Å². The van der Waals surface area contributed by atoms with Crippen molar-refractivity contribution in [1.82, 2.24) is 4.90 Å². The molecule has 0 saturated carbocycles. The Balaban J connectivity index is 1.53. The SMILES string of the molecule is CCc1cc(Br)ccc1NC(=O)COC(=O)[C@H]1CC(=O)N([C@@H](C)c2ccccc2)C1. The molecule has 1 fully saturated rings. The van der Waals surface area contributed by atoms with Gasteiger partial charge in [-0.3, -0.25) is 14.4 Å². The summed E-state index contributed by atoms with van der Waals surface area (Å²) in [7, 11) is 0. The number of hydrogen-bond acceptors (Lipinski definition) is 4. The molecule has 1 N–H and O–H groups in total. The van der Waals surface area contributed by atoms with Crippen LogP contribution < -0.4 is 5.32 Å². The lowest BCUT2D eigenvalue weighted by Crippen LogP contribution is -2.30. The third kappa shape index (κ3) is 5.27. The number of ether oxygens (including phenoxy) is 1. The second kappa shape index (κ2) is 9.89. The average Bonchev–Trinajstić information content (AvgIpc) is 3.15. The van der Waals surface area contributed by atoms with Gasteiger partial charge in [-0.15, -0.1) is 0 Å². The van der Waals surface area contributed by atoms with Gasteiger partial charge in [-0.05, 0) is 42.7 Å². The highest BCUT2D eigenvalue weighted by atomic mass is 79.9. The summed E-state index contributed by atoms with van der Waals surface area (Å²) in [6, 6.07) is 15.2. The summed E-state index contributed by atoms with van der Waals surface area (Å²) >= 11 is 3.41. The summed E-state index contributed by atoms with van der Waals surface area (Å²) in [5, 5.41) is 2.78. The lowest BCUT2D eigenvalue weighted by molar-refractivity contribution is -0.151. The van der Waals surface area contributed by atoms with Crippen molar-refractivity contribution < 1.29 is 19.1 Å². The van der Waals surface area contributed by atoms with E-state index in [1.165, 1.54) is 0 Å². The summed E-state index contributed by atoms with van der Waals surface area (Å²) < 4.78 is 6.13. The van der Waals surface area contributed by atoms with Crippen molar-refractivity contribution in [2.45, 2.75) is 32.7 Å². The van der Waals surface area contributed by atoms with Crippen LogP contribution in [0.25, 0.3) is 0 Å². The Kier molecular flexibility index (Phi) is 7.26. The third-order valence-corrected chi connectivity index (χ3v) is 5.80. The minimum Gasteiger partial charge on any atom is -0.455 e. The molecule has 1 heterocycles. The maximum Gasteiger partial charge on any atom is 0.311 e. The van der Waals surface area contributed by atoms with Crippen LogP contribution in [0.1, 0.15) is 37.4 Å². The Morgan fingerprint density at radius 3 is 2.67 bits per heavy atom. The molecule has 1 saturated heterocycles. The summed E-state index contributed by atoms with van der Waals surface area (Å²) in [5.41, 5.74) is 2.69. The standard InChI is InChI=1S/C23H25BrN2O4/c1-3-16-11-19(24)9-10-20(16)25-21(27)14-30-23(29)18-12-22(28)26(13-18)15(2)17-7-5-4-6-8-17/h4-11,15,18H,3,12-14H2,1-2H3,(H,25,27)/t15-,18-/m0/s1. The highest BCUT2D eigenvalue weighted by Gasteiger charge is 2.38. The maximum absolute atomic E-state index is 12.4. The topological polar surface area (TPSA) is 75.7 Å². The number of likely N-dealkylation sites (tertiary alicyclic amines) is 1. The molecule has 1 aliphatic heterocycles. The predicted octanol–water partition coefficient (Wildman–Crippen LogP) is 4.10. The number of nitrogens with zero attached hydrogens (tertiary/aromatic N) is 1. The van der Waals surface area contributed by atoms with Crippen molar-refractivity contribution in [3.05, 3.63) is 64.1 Å². The van der Waals surface area contributed by atoms with Gasteiger partial charge in [0.25, 0.3) is 5.91 Å². The van der Waals surface area contributed by atoms with E-state index in [9.17, 15) is 14.4 Å². The Labute approximate surface area is 184 Å². The zero-order chi connectivity index (χ0) is 21.7. The summed E-state index contributed by atoms with van der Waals surface area (Å²) in [6.45, 7) is 3.85. The molecule has 0 bridgehead atoms. The van der Waals surface area contributed by atoms with Gasteiger partial charge in [-0.1, -0.05) is 53.2 Å². The molecule has 0 unspecified atom stereocenters. The van der Waals surface area contributed by atoms with E-state index >= 15 is 0 Å². The van der Waals surface area contributed by atoms with Gasteiger partial charge in [-0.25, -0.2) is 0 Å². The average molecular weight is 473 g/mol. The van der Waals surface area contributed by atoms with Gasteiger partial charge >= 0.3 is 5.97 Å². The fourth-order valence-corrected chi connectivity index (χ4v) is 4.00. The Bertz CT molecular complexity index is 932. The zero-order valence-corrected chi connectivity index (χ0v) is 18.6. The van der Waals surface area contributed by atoms with Gasteiger partial charge in [0.1, 0.15) is 0 Å². The number of amides is 2. The molecule has 7 heteroatoms. The highest BCUT2D eigenvalue weighted by molar-refractivity contribution is 9.10. The summed E-state index contributed by atoms with van der Waals surface area (Å²) in [4.78, 5) is 38.8. The number of hydrogen-bond donors (Lipinski definition) is 1. The van der Waals surface area contributed by atoms with Crippen LogP contribution in [0.4, 0.5) is 5.69 Å². The van der Waals surface area contributed by atoms with E-state index in [-0.39, 0.29) is 25.0 Å². The van der Waals surface area contributed by atoms with Crippen molar-refractivity contribution in [3.8, 4) is 0 Å². The monoisotopic (exact) mass is 472 g/mol. The number of carbonyl (C=O) groups excluding carboxylic acids is 3. The highest BCUT2D eigenvalue weighted by Crippen LogP contribution is 2.29.